The molecule has 0 bridgehead atoms. The predicted molar refractivity (Wildman–Crippen MR) is 46.0 cm³/mol. The summed E-state index contributed by atoms with van der Waals surface area (Å²) in [6, 6.07) is 0. The molecule has 0 fully saturated rings. The zero-order chi connectivity index (χ0) is 6.91. The van der Waals surface area contributed by atoms with Crippen LogP contribution in [0.2, 0.25) is 0 Å². The molecule has 0 heterocycles. The normalized spacial score (nSPS) is 34.3. The third-order valence-corrected chi connectivity index (χ3v) is 2.12. The number of allylic oxidation sites excluding steroid dienone is 4. The molecule has 1 aliphatic carbocycles. The smallest absolute Gasteiger partial charge is 0.0799 e. The zero-order valence-electron chi connectivity index (χ0n) is 4.77. The van der Waals surface area contributed by atoms with E-state index in [0.717, 1.165) is 11.5 Å². The highest BCUT2D eigenvalue weighted by atomic mass is 35.5. The molecule has 2 atom stereocenters. The SMILES string of the molecule is PC1(Cl)C=CC(Cl)=CC1. The summed E-state index contributed by atoms with van der Waals surface area (Å²) in [7, 11) is 2.56. The van der Waals surface area contributed by atoms with Gasteiger partial charge in [0.2, 0.25) is 0 Å². The van der Waals surface area contributed by atoms with Crippen molar-refractivity contribution >= 4 is 32.4 Å². The van der Waals surface area contributed by atoms with E-state index in [4.69, 9.17) is 23.2 Å². The van der Waals surface area contributed by atoms with Crippen LogP contribution in [-0.2, 0) is 0 Å². The van der Waals surface area contributed by atoms with Crippen LogP contribution in [0, 0.1) is 0 Å². The maximum atomic E-state index is 5.91. The molecule has 0 aromatic heterocycles. The van der Waals surface area contributed by atoms with Crippen LogP contribution in [-0.4, -0.2) is 4.62 Å². The Morgan fingerprint density at radius 3 is 2.67 bits per heavy atom. The van der Waals surface area contributed by atoms with Gasteiger partial charge in [-0.25, -0.2) is 0 Å². The lowest BCUT2D eigenvalue weighted by molar-refractivity contribution is 0.973. The molecular weight excluding hydrogens is 174 g/mol. The lowest BCUT2D eigenvalue weighted by atomic mass is 10.2. The van der Waals surface area contributed by atoms with Gasteiger partial charge in [0.15, 0.2) is 0 Å². The fraction of sp³-hybridized carbons (Fsp3) is 0.333. The molecule has 0 N–H and O–H groups in total. The number of alkyl halides is 1. The highest BCUT2D eigenvalue weighted by molar-refractivity contribution is 7.23. The summed E-state index contributed by atoms with van der Waals surface area (Å²) in [4.78, 5) is 0. The van der Waals surface area contributed by atoms with E-state index in [1.54, 1.807) is 0 Å². The molecule has 0 saturated carbocycles. The van der Waals surface area contributed by atoms with Gasteiger partial charge in [0.1, 0.15) is 0 Å². The average molecular weight is 181 g/mol. The molecule has 50 valence electrons. The van der Waals surface area contributed by atoms with Crippen molar-refractivity contribution in [3.63, 3.8) is 0 Å². The zero-order valence-corrected chi connectivity index (χ0v) is 7.44. The van der Waals surface area contributed by atoms with E-state index in [1.165, 1.54) is 0 Å². The Bertz CT molecular complexity index is 170. The van der Waals surface area contributed by atoms with Gasteiger partial charge < -0.3 is 0 Å². The summed E-state index contributed by atoms with van der Waals surface area (Å²) in [6.45, 7) is 0. The van der Waals surface area contributed by atoms with Gasteiger partial charge in [0.25, 0.3) is 0 Å². The molecule has 0 aliphatic heterocycles. The van der Waals surface area contributed by atoms with Gasteiger partial charge in [-0.05, 0) is 12.5 Å². The summed E-state index contributed by atoms with van der Waals surface area (Å²) in [5.41, 5.74) is 0. The number of hydrogen-bond acceptors (Lipinski definition) is 0. The predicted octanol–water partition coefficient (Wildman–Crippen LogP) is 2.88. The fourth-order valence-electron chi connectivity index (χ4n) is 0.608. The van der Waals surface area contributed by atoms with Gasteiger partial charge >= 0.3 is 0 Å². The van der Waals surface area contributed by atoms with Gasteiger partial charge in [-0.2, -0.15) is 0 Å². The lowest BCUT2D eigenvalue weighted by Gasteiger charge is -2.17. The van der Waals surface area contributed by atoms with Gasteiger partial charge in [-0.1, -0.05) is 23.8 Å². The Hall–Kier alpha value is 0.490. The fourth-order valence-corrected chi connectivity index (χ4v) is 1.10. The molecule has 0 nitrogen and oxygen atoms in total. The second-order valence-corrected chi connectivity index (χ2v) is 4.59. The van der Waals surface area contributed by atoms with E-state index in [0.29, 0.717) is 0 Å². The molecular formula is C6H7Cl2P. The topological polar surface area (TPSA) is 0 Å². The molecule has 0 aromatic carbocycles. The van der Waals surface area contributed by atoms with E-state index >= 15 is 0 Å². The first kappa shape index (κ1) is 7.60. The minimum atomic E-state index is -0.293. The van der Waals surface area contributed by atoms with Crippen LogP contribution >= 0.6 is 32.4 Å². The molecule has 0 spiro atoms. The van der Waals surface area contributed by atoms with Crippen molar-refractivity contribution in [2.24, 2.45) is 0 Å². The Balaban J connectivity index is 2.70. The molecule has 0 aromatic rings. The van der Waals surface area contributed by atoms with Gasteiger partial charge in [0, 0.05) is 5.03 Å². The van der Waals surface area contributed by atoms with Crippen molar-refractivity contribution in [1.29, 1.82) is 0 Å². The minimum absolute atomic E-state index is 0.293. The molecule has 0 amide bonds. The van der Waals surface area contributed by atoms with Crippen molar-refractivity contribution in [2.75, 3.05) is 0 Å². The molecule has 0 saturated heterocycles. The van der Waals surface area contributed by atoms with Crippen LogP contribution < -0.4 is 0 Å². The summed E-state index contributed by atoms with van der Waals surface area (Å²) >= 11 is 11.6. The monoisotopic (exact) mass is 180 g/mol. The standard InChI is InChI=1S/C6H7Cl2P/c7-5-1-3-6(8,9)4-2-5/h1-3H,4,9H2. The minimum Gasteiger partial charge on any atom is -0.111 e. The second-order valence-electron chi connectivity index (χ2n) is 2.05. The van der Waals surface area contributed by atoms with Gasteiger partial charge in [0.05, 0.1) is 4.62 Å². The van der Waals surface area contributed by atoms with Crippen molar-refractivity contribution in [3.8, 4) is 0 Å². The lowest BCUT2D eigenvalue weighted by Crippen LogP contribution is -2.07. The maximum absolute atomic E-state index is 5.91. The summed E-state index contributed by atoms with van der Waals surface area (Å²) in [5, 5.41) is 0.772. The summed E-state index contributed by atoms with van der Waals surface area (Å²) < 4.78 is -0.293. The van der Waals surface area contributed by atoms with Crippen LogP contribution in [0.25, 0.3) is 0 Å². The van der Waals surface area contributed by atoms with E-state index < -0.39 is 0 Å². The first-order valence-electron chi connectivity index (χ1n) is 2.63. The van der Waals surface area contributed by atoms with E-state index in [9.17, 15) is 0 Å². The Kier molecular flexibility index (Phi) is 2.21. The largest absolute Gasteiger partial charge is 0.111 e. The van der Waals surface area contributed by atoms with Crippen molar-refractivity contribution < 1.29 is 0 Å². The number of halogens is 2. The second kappa shape index (κ2) is 2.62. The average Bonchev–Trinajstić information content (AvgIpc) is 1.78. The molecule has 1 rings (SSSR count). The van der Waals surface area contributed by atoms with Crippen molar-refractivity contribution in [3.05, 3.63) is 23.3 Å². The van der Waals surface area contributed by atoms with Crippen LogP contribution in [0.4, 0.5) is 0 Å². The maximum Gasteiger partial charge on any atom is 0.0799 e. The van der Waals surface area contributed by atoms with Gasteiger partial charge in [-0.3, -0.25) is 0 Å². The highest BCUT2D eigenvalue weighted by Crippen LogP contribution is 2.34. The Labute approximate surface area is 67.1 Å². The van der Waals surface area contributed by atoms with E-state index in [2.05, 4.69) is 9.24 Å². The molecule has 9 heavy (non-hydrogen) atoms. The Morgan fingerprint density at radius 1 is 1.67 bits per heavy atom. The summed E-state index contributed by atoms with van der Waals surface area (Å²) in [6.07, 6.45) is 6.38. The number of rotatable bonds is 0. The third kappa shape index (κ3) is 2.29. The first-order chi connectivity index (χ1) is 4.10. The molecule has 3 heteroatoms. The highest BCUT2D eigenvalue weighted by Gasteiger charge is 2.17. The molecule has 0 radical (unpaired) electrons. The van der Waals surface area contributed by atoms with Crippen LogP contribution in [0.3, 0.4) is 0 Å². The number of hydrogen-bond donors (Lipinski definition) is 0. The van der Waals surface area contributed by atoms with Crippen LogP contribution in [0.15, 0.2) is 23.3 Å². The van der Waals surface area contributed by atoms with E-state index in [-0.39, 0.29) is 4.62 Å². The van der Waals surface area contributed by atoms with Crippen molar-refractivity contribution in [1.82, 2.24) is 0 Å². The van der Waals surface area contributed by atoms with Gasteiger partial charge in [-0.15, -0.1) is 20.8 Å². The molecule has 2 unspecified atom stereocenters. The van der Waals surface area contributed by atoms with Crippen LogP contribution in [0.5, 0.6) is 0 Å². The molecule has 1 aliphatic rings. The van der Waals surface area contributed by atoms with Crippen molar-refractivity contribution in [2.45, 2.75) is 11.0 Å². The van der Waals surface area contributed by atoms with E-state index in [1.807, 2.05) is 18.2 Å². The first-order valence-corrected chi connectivity index (χ1v) is 3.96. The Morgan fingerprint density at radius 2 is 2.33 bits per heavy atom. The van der Waals surface area contributed by atoms with Crippen LogP contribution in [0.1, 0.15) is 6.42 Å². The quantitative estimate of drug-likeness (QED) is 0.398. The summed E-state index contributed by atoms with van der Waals surface area (Å²) in [5.74, 6) is 0. The third-order valence-electron chi connectivity index (χ3n) is 1.13.